The molecule has 1 aliphatic heterocycles. The van der Waals surface area contributed by atoms with Crippen molar-refractivity contribution in [2.24, 2.45) is 0 Å². The van der Waals surface area contributed by atoms with Crippen LogP contribution in [0.2, 0.25) is 0 Å². The molecule has 1 fully saturated rings. The van der Waals surface area contributed by atoms with E-state index in [9.17, 15) is 9.59 Å². The summed E-state index contributed by atoms with van der Waals surface area (Å²) in [5.41, 5.74) is 0. The molecule has 1 saturated heterocycles. The highest BCUT2D eigenvalue weighted by Gasteiger charge is 2.29. The molecule has 0 bridgehead atoms. The number of H-pyrrole nitrogens is 1. The predicted molar refractivity (Wildman–Crippen MR) is 81.9 cm³/mol. The van der Waals surface area contributed by atoms with Crippen LogP contribution < -0.4 is 5.32 Å². The highest BCUT2D eigenvalue weighted by atomic mass is 16.5. The van der Waals surface area contributed by atoms with Crippen molar-refractivity contribution >= 4 is 11.8 Å². The second kappa shape index (κ2) is 6.83. The summed E-state index contributed by atoms with van der Waals surface area (Å²) in [7, 11) is 0. The predicted octanol–water partition coefficient (Wildman–Crippen LogP) is 0.556. The van der Waals surface area contributed by atoms with Gasteiger partial charge in [0.25, 0.3) is 5.91 Å². The molecule has 24 heavy (non-hydrogen) atoms. The number of aryl methyl sites for hydroxylation is 1. The van der Waals surface area contributed by atoms with Crippen molar-refractivity contribution in [3.8, 4) is 0 Å². The zero-order valence-electron chi connectivity index (χ0n) is 13.5. The molecule has 0 unspecified atom stereocenters. The number of morpholine rings is 1. The summed E-state index contributed by atoms with van der Waals surface area (Å²) in [5.74, 6) is 1.63. The van der Waals surface area contributed by atoms with Gasteiger partial charge in [-0.2, -0.15) is 5.10 Å². The Balaban J connectivity index is 1.65. The molecule has 3 heterocycles. The number of carbonyl (C=O) groups excluding carboxylic acids is 2. The Kier molecular flexibility index (Phi) is 4.61. The number of hydrogen-bond acceptors (Lipinski definition) is 6. The summed E-state index contributed by atoms with van der Waals surface area (Å²) in [6.07, 6.45) is -0.360. The fourth-order valence-electron chi connectivity index (χ4n) is 2.45. The molecule has 0 saturated carbocycles. The Labute approximate surface area is 138 Å². The van der Waals surface area contributed by atoms with Crippen LogP contribution in [0.1, 0.15) is 41.0 Å². The van der Waals surface area contributed by atoms with Crippen molar-refractivity contribution in [1.29, 1.82) is 0 Å². The molecule has 2 aromatic heterocycles. The number of ether oxygens (including phenoxy) is 1. The average molecular weight is 333 g/mol. The second-order valence-corrected chi connectivity index (χ2v) is 5.57. The molecule has 1 atom stereocenters. The molecular formula is C15H19N5O4. The molecule has 2 amide bonds. The number of nitrogens with zero attached hydrogens (tertiary/aromatic N) is 3. The van der Waals surface area contributed by atoms with Crippen molar-refractivity contribution in [2.45, 2.75) is 26.5 Å². The number of nitrogens with one attached hydrogen (secondary N) is 2. The molecule has 0 aromatic carbocycles. The fraction of sp³-hybridized carbons (Fsp3) is 0.467. The van der Waals surface area contributed by atoms with E-state index < -0.39 is 0 Å². The van der Waals surface area contributed by atoms with Crippen molar-refractivity contribution < 1.29 is 18.7 Å². The lowest BCUT2D eigenvalue weighted by molar-refractivity contribution is -0.119. The Bertz CT molecular complexity index is 738. The number of furan rings is 1. The first-order chi connectivity index (χ1) is 11.5. The summed E-state index contributed by atoms with van der Waals surface area (Å²) < 4.78 is 11.2. The maximum absolute atomic E-state index is 12.6. The van der Waals surface area contributed by atoms with Gasteiger partial charge >= 0.3 is 0 Å². The standard InChI is InChI=1S/C15H19N5O4/c1-9-17-14(19-18-9)13-8-20(5-6-23-13)15(22)12-4-3-11(24-12)7-16-10(2)21/h3-4,13H,5-8H2,1-2H3,(H,16,21)(H,17,18,19)/t13-/m1/s1. The van der Waals surface area contributed by atoms with Gasteiger partial charge in [0.2, 0.25) is 5.91 Å². The van der Waals surface area contributed by atoms with Crippen LogP contribution in [0.4, 0.5) is 0 Å². The summed E-state index contributed by atoms with van der Waals surface area (Å²) >= 11 is 0. The van der Waals surface area contributed by atoms with Gasteiger partial charge in [-0.3, -0.25) is 14.7 Å². The first-order valence-corrected chi connectivity index (χ1v) is 7.66. The van der Waals surface area contributed by atoms with E-state index in [1.54, 1.807) is 17.0 Å². The average Bonchev–Trinajstić information content (AvgIpc) is 3.21. The van der Waals surface area contributed by atoms with Gasteiger partial charge in [0.05, 0.1) is 19.7 Å². The van der Waals surface area contributed by atoms with Gasteiger partial charge in [-0.15, -0.1) is 0 Å². The quantitative estimate of drug-likeness (QED) is 0.845. The van der Waals surface area contributed by atoms with Gasteiger partial charge in [-0.25, -0.2) is 4.98 Å². The van der Waals surface area contributed by atoms with E-state index in [2.05, 4.69) is 20.5 Å². The molecule has 0 aliphatic carbocycles. The Morgan fingerprint density at radius 1 is 1.46 bits per heavy atom. The van der Waals surface area contributed by atoms with Crippen molar-refractivity contribution in [3.63, 3.8) is 0 Å². The zero-order valence-corrected chi connectivity index (χ0v) is 13.5. The lowest BCUT2D eigenvalue weighted by Gasteiger charge is -2.31. The van der Waals surface area contributed by atoms with E-state index in [1.165, 1.54) is 6.92 Å². The topological polar surface area (TPSA) is 113 Å². The van der Waals surface area contributed by atoms with Gasteiger partial charge in [-0.05, 0) is 19.1 Å². The molecular weight excluding hydrogens is 314 g/mol. The number of amides is 2. The minimum Gasteiger partial charge on any atom is -0.454 e. The second-order valence-electron chi connectivity index (χ2n) is 5.57. The van der Waals surface area contributed by atoms with Crippen molar-refractivity contribution in [1.82, 2.24) is 25.4 Å². The molecule has 9 heteroatoms. The minimum atomic E-state index is -0.360. The summed E-state index contributed by atoms with van der Waals surface area (Å²) in [6.45, 7) is 4.72. The van der Waals surface area contributed by atoms with Crippen LogP contribution in [0.25, 0.3) is 0 Å². The van der Waals surface area contributed by atoms with Gasteiger partial charge in [0.1, 0.15) is 17.7 Å². The number of rotatable bonds is 4. The minimum absolute atomic E-state index is 0.155. The summed E-state index contributed by atoms with van der Waals surface area (Å²) in [6, 6.07) is 3.29. The zero-order chi connectivity index (χ0) is 17.1. The number of aromatic nitrogens is 3. The fourth-order valence-corrected chi connectivity index (χ4v) is 2.45. The molecule has 0 spiro atoms. The van der Waals surface area contributed by atoms with Crippen LogP contribution in [-0.4, -0.2) is 51.6 Å². The van der Waals surface area contributed by atoms with E-state index in [0.29, 0.717) is 37.1 Å². The SMILES string of the molecule is CC(=O)NCc1ccc(C(=O)N2CCO[C@@H](c3n[nH]c(C)n3)C2)o1. The van der Waals surface area contributed by atoms with E-state index in [-0.39, 0.29) is 30.2 Å². The van der Waals surface area contributed by atoms with E-state index >= 15 is 0 Å². The van der Waals surface area contributed by atoms with E-state index in [1.807, 2.05) is 6.92 Å². The first kappa shape index (κ1) is 16.2. The third-order valence-electron chi connectivity index (χ3n) is 3.64. The van der Waals surface area contributed by atoms with Crippen molar-refractivity contribution in [3.05, 3.63) is 35.3 Å². The Morgan fingerprint density at radius 2 is 2.29 bits per heavy atom. The lowest BCUT2D eigenvalue weighted by atomic mass is 10.2. The molecule has 2 N–H and O–H groups in total. The monoisotopic (exact) mass is 333 g/mol. The Morgan fingerprint density at radius 3 is 3.00 bits per heavy atom. The lowest BCUT2D eigenvalue weighted by Crippen LogP contribution is -2.42. The van der Waals surface area contributed by atoms with Crippen LogP contribution in [0, 0.1) is 6.92 Å². The maximum Gasteiger partial charge on any atom is 0.289 e. The van der Waals surface area contributed by atoms with Gasteiger partial charge in [-0.1, -0.05) is 0 Å². The normalized spacial score (nSPS) is 17.8. The number of carbonyl (C=O) groups is 2. The third kappa shape index (κ3) is 3.62. The summed E-state index contributed by atoms with van der Waals surface area (Å²) in [4.78, 5) is 29.4. The first-order valence-electron chi connectivity index (χ1n) is 7.66. The van der Waals surface area contributed by atoms with Gasteiger partial charge in [0.15, 0.2) is 11.6 Å². The largest absolute Gasteiger partial charge is 0.454 e. The summed E-state index contributed by atoms with van der Waals surface area (Å²) in [5, 5.41) is 9.49. The Hall–Kier alpha value is -2.68. The molecule has 128 valence electrons. The molecule has 3 rings (SSSR count). The van der Waals surface area contributed by atoms with Crippen LogP contribution >= 0.6 is 0 Å². The highest BCUT2D eigenvalue weighted by molar-refractivity contribution is 5.91. The van der Waals surface area contributed by atoms with E-state index in [0.717, 1.165) is 0 Å². The van der Waals surface area contributed by atoms with E-state index in [4.69, 9.17) is 9.15 Å². The maximum atomic E-state index is 12.6. The molecule has 2 aromatic rings. The molecule has 0 radical (unpaired) electrons. The van der Waals surface area contributed by atoms with Crippen LogP contribution in [-0.2, 0) is 16.1 Å². The molecule has 9 nitrogen and oxygen atoms in total. The van der Waals surface area contributed by atoms with Gasteiger partial charge < -0.3 is 19.4 Å². The highest BCUT2D eigenvalue weighted by Crippen LogP contribution is 2.21. The smallest absolute Gasteiger partial charge is 0.289 e. The van der Waals surface area contributed by atoms with Crippen LogP contribution in [0.5, 0.6) is 0 Å². The number of aromatic amines is 1. The third-order valence-corrected chi connectivity index (χ3v) is 3.64. The van der Waals surface area contributed by atoms with Crippen molar-refractivity contribution in [2.75, 3.05) is 19.7 Å². The number of hydrogen-bond donors (Lipinski definition) is 2. The van der Waals surface area contributed by atoms with Crippen LogP contribution in [0.15, 0.2) is 16.5 Å². The molecule has 1 aliphatic rings. The van der Waals surface area contributed by atoms with Crippen LogP contribution in [0.3, 0.4) is 0 Å². The van der Waals surface area contributed by atoms with Gasteiger partial charge in [0, 0.05) is 13.5 Å².